The minimum atomic E-state index is 0.0673. The molecule has 8 heteroatoms. The molecule has 7 nitrogen and oxygen atoms in total. The smallest absolute Gasteiger partial charge is 0.237 e. The third-order valence-corrected chi connectivity index (χ3v) is 7.52. The molecule has 2 aromatic carbocycles. The van der Waals surface area contributed by atoms with E-state index in [0.29, 0.717) is 29.8 Å². The lowest BCUT2D eigenvalue weighted by Gasteiger charge is -2.26. The Morgan fingerprint density at radius 1 is 1.06 bits per heavy atom. The van der Waals surface area contributed by atoms with Gasteiger partial charge in [-0.2, -0.15) is 0 Å². The first kappa shape index (κ1) is 25.1. The van der Waals surface area contributed by atoms with E-state index >= 15 is 0 Å². The number of anilines is 1. The van der Waals surface area contributed by atoms with Crippen LogP contribution >= 0.6 is 11.8 Å². The van der Waals surface area contributed by atoms with Gasteiger partial charge in [0.15, 0.2) is 22.5 Å². The number of benzene rings is 2. The molecule has 186 valence electrons. The Labute approximate surface area is 211 Å². The molecule has 4 rings (SSSR count). The van der Waals surface area contributed by atoms with E-state index in [1.165, 1.54) is 31.0 Å². The fraction of sp³-hybridized carbons (Fsp3) is 0.444. The second kappa shape index (κ2) is 11.6. The van der Waals surface area contributed by atoms with Crippen molar-refractivity contribution in [1.29, 1.82) is 0 Å². The minimum Gasteiger partial charge on any atom is -0.493 e. The molecule has 0 saturated heterocycles. The summed E-state index contributed by atoms with van der Waals surface area (Å²) in [5, 5.41) is 9.91. The van der Waals surface area contributed by atoms with Crippen molar-refractivity contribution >= 4 is 23.4 Å². The number of amides is 1. The monoisotopic (exact) mass is 494 g/mol. The van der Waals surface area contributed by atoms with Crippen LogP contribution in [-0.4, -0.2) is 47.2 Å². The summed E-state index contributed by atoms with van der Waals surface area (Å²) < 4.78 is 13.2. The highest BCUT2D eigenvalue weighted by atomic mass is 32.2. The van der Waals surface area contributed by atoms with Crippen LogP contribution in [-0.2, 0) is 4.79 Å². The van der Waals surface area contributed by atoms with Crippen molar-refractivity contribution in [3.63, 3.8) is 0 Å². The van der Waals surface area contributed by atoms with Gasteiger partial charge < -0.3 is 14.4 Å². The average molecular weight is 495 g/mol. The van der Waals surface area contributed by atoms with Crippen molar-refractivity contribution in [2.45, 2.75) is 57.1 Å². The predicted molar refractivity (Wildman–Crippen MR) is 141 cm³/mol. The number of nitrogens with zero attached hydrogens (tertiary/aromatic N) is 4. The first-order valence-corrected chi connectivity index (χ1v) is 13.2. The highest BCUT2D eigenvalue weighted by molar-refractivity contribution is 7.99. The molecule has 1 heterocycles. The highest BCUT2D eigenvalue weighted by Crippen LogP contribution is 2.38. The molecule has 0 atom stereocenters. The third-order valence-electron chi connectivity index (χ3n) is 6.59. The first-order chi connectivity index (χ1) is 17.1. The number of aromatic nitrogens is 3. The summed E-state index contributed by atoms with van der Waals surface area (Å²) in [4.78, 5) is 15.1. The van der Waals surface area contributed by atoms with Crippen molar-refractivity contribution in [3.05, 3.63) is 48.0 Å². The molecule has 0 radical (unpaired) electrons. The van der Waals surface area contributed by atoms with Gasteiger partial charge in [0.05, 0.1) is 20.0 Å². The second-order valence-corrected chi connectivity index (χ2v) is 9.69. The minimum absolute atomic E-state index is 0.0673. The number of carbonyl (C=O) groups excluding carboxylic acids is 1. The molecular formula is C27H34N4O3S. The predicted octanol–water partition coefficient (Wildman–Crippen LogP) is 5.92. The fourth-order valence-electron chi connectivity index (χ4n) is 4.77. The average Bonchev–Trinajstić information content (AvgIpc) is 3.33. The topological polar surface area (TPSA) is 69.5 Å². The summed E-state index contributed by atoms with van der Waals surface area (Å²) in [7, 11) is 3.26. The van der Waals surface area contributed by atoms with Gasteiger partial charge in [-0.15, -0.1) is 10.2 Å². The van der Waals surface area contributed by atoms with E-state index < -0.39 is 0 Å². The first-order valence-electron chi connectivity index (χ1n) is 12.2. The Bertz CT molecular complexity index is 1160. The normalized spacial score (nSPS) is 14.1. The quantitative estimate of drug-likeness (QED) is 0.344. The van der Waals surface area contributed by atoms with Crippen LogP contribution in [0.15, 0.2) is 47.6 Å². The molecule has 1 aliphatic rings. The molecule has 1 fully saturated rings. The van der Waals surface area contributed by atoms with E-state index in [-0.39, 0.29) is 5.91 Å². The summed E-state index contributed by atoms with van der Waals surface area (Å²) >= 11 is 1.47. The molecular weight excluding hydrogens is 460 g/mol. The molecule has 0 N–H and O–H groups in total. The van der Waals surface area contributed by atoms with Crippen molar-refractivity contribution < 1.29 is 14.3 Å². The van der Waals surface area contributed by atoms with Crippen LogP contribution in [0, 0.1) is 6.92 Å². The Morgan fingerprint density at radius 3 is 2.49 bits per heavy atom. The van der Waals surface area contributed by atoms with E-state index in [0.717, 1.165) is 40.6 Å². The van der Waals surface area contributed by atoms with Gasteiger partial charge in [-0.1, -0.05) is 49.2 Å². The zero-order chi connectivity index (χ0) is 24.8. The molecule has 0 spiro atoms. The lowest BCUT2D eigenvalue weighted by Crippen LogP contribution is -2.32. The SMILES string of the molecule is CCN(C(=O)CSc1nnc(-c2ccc(OC)c(OC)c2)n1C1CCCCC1)c1ccccc1C. The third kappa shape index (κ3) is 5.48. The van der Waals surface area contributed by atoms with Gasteiger partial charge in [0.2, 0.25) is 5.91 Å². The zero-order valence-corrected chi connectivity index (χ0v) is 21.8. The number of hydrogen-bond acceptors (Lipinski definition) is 6. The standard InChI is InChI=1S/C27H34N4O3S/c1-5-30(22-14-10-9-11-19(22)2)25(32)18-35-27-29-28-26(31(27)21-12-7-6-8-13-21)20-15-16-23(33-3)24(17-20)34-4/h9-11,14-17,21H,5-8,12-13,18H2,1-4H3. The van der Waals surface area contributed by atoms with Crippen LogP contribution in [0.25, 0.3) is 11.4 Å². The van der Waals surface area contributed by atoms with Crippen LogP contribution < -0.4 is 14.4 Å². The molecule has 1 aromatic heterocycles. The van der Waals surface area contributed by atoms with Crippen molar-refractivity contribution in [2.24, 2.45) is 0 Å². The Balaban J connectivity index is 1.62. The van der Waals surface area contributed by atoms with Crippen molar-refractivity contribution in [2.75, 3.05) is 31.4 Å². The van der Waals surface area contributed by atoms with Gasteiger partial charge in [-0.3, -0.25) is 9.36 Å². The Kier molecular flexibility index (Phi) is 8.33. The van der Waals surface area contributed by atoms with Gasteiger partial charge in [0.1, 0.15) is 0 Å². The van der Waals surface area contributed by atoms with Crippen LogP contribution in [0.2, 0.25) is 0 Å². The van der Waals surface area contributed by atoms with Crippen LogP contribution in [0.3, 0.4) is 0 Å². The number of rotatable bonds is 9. The number of ether oxygens (including phenoxy) is 2. The van der Waals surface area contributed by atoms with Crippen molar-refractivity contribution in [1.82, 2.24) is 14.8 Å². The van der Waals surface area contributed by atoms with E-state index in [1.807, 2.05) is 61.2 Å². The Morgan fingerprint density at radius 2 is 1.80 bits per heavy atom. The molecule has 35 heavy (non-hydrogen) atoms. The number of aryl methyl sites for hydroxylation is 1. The lowest BCUT2D eigenvalue weighted by atomic mass is 9.95. The van der Waals surface area contributed by atoms with E-state index in [2.05, 4.69) is 14.8 Å². The van der Waals surface area contributed by atoms with Gasteiger partial charge in [-0.05, 0) is 56.5 Å². The Hall–Kier alpha value is -3.00. The summed E-state index contributed by atoms with van der Waals surface area (Å²) in [6.45, 7) is 4.67. The van der Waals surface area contributed by atoms with E-state index in [9.17, 15) is 4.79 Å². The van der Waals surface area contributed by atoms with Gasteiger partial charge in [-0.25, -0.2) is 0 Å². The number of methoxy groups -OCH3 is 2. The summed E-state index contributed by atoms with van der Waals surface area (Å²) in [6, 6.07) is 14.1. The maximum absolute atomic E-state index is 13.2. The molecule has 0 bridgehead atoms. The zero-order valence-electron chi connectivity index (χ0n) is 21.0. The summed E-state index contributed by atoms with van der Waals surface area (Å²) in [6.07, 6.45) is 5.81. The van der Waals surface area contributed by atoms with Gasteiger partial charge >= 0.3 is 0 Å². The number of para-hydroxylation sites is 1. The lowest BCUT2D eigenvalue weighted by molar-refractivity contribution is -0.116. The highest BCUT2D eigenvalue weighted by Gasteiger charge is 2.26. The maximum atomic E-state index is 13.2. The molecule has 1 saturated carbocycles. The number of thioether (sulfide) groups is 1. The van der Waals surface area contributed by atoms with E-state index in [4.69, 9.17) is 9.47 Å². The number of carbonyl (C=O) groups is 1. The van der Waals surface area contributed by atoms with Gasteiger partial charge in [0.25, 0.3) is 0 Å². The van der Waals surface area contributed by atoms with E-state index in [1.54, 1.807) is 14.2 Å². The van der Waals surface area contributed by atoms with Crippen LogP contribution in [0.4, 0.5) is 5.69 Å². The molecule has 1 amide bonds. The van der Waals surface area contributed by atoms with Gasteiger partial charge in [0, 0.05) is 23.8 Å². The number of hydrogen-bond donors (Lipinski definition) is 0. The molecule has 1 aliphatic carbocycles. The van der Waals surface area contributed by atoms with Crippen molar-refractivity contribution in [3.8, 4) is 22.9 Å². The molecule has 3 aromatic rings. The maximum Gasteiger partial charge on any atom is 0.237 e. The molecule has 0 aliphatic heterocycles. The second-order valence-electron chi connectivity index (χ2n) is 8.75. The largest absolute Gasteiger partial charge is 0.493 e. The summed E-state index contributed by atoms with van der Waals surface area (Å²) in [5.74, 6) is 2.51. The molecule has 0 unspecified atom stereocenters. The van der Waals surface area contributed by atoms with Crippen LogP contribution in [0.5, 0.6) is 11.5 Å². The summed E-state index contributed by atoms with van der Waals surface area (Å²) in [5.41, 5.74) is 2.98. The fourth-order valence-corrected chi connectivity index (χ4v) is 5.65. The van der Waals surface area contributed by atoms with Crippen LogP contribution in [0.1, 0.15) is 50.6 Å².